The van der Waals surface area contributed by atoms with E-state index in [-0.39, 0.29) is 21.0 Å². The Balaban J connectivity index is 1.84. The minimum Gasteiger partial charge on any atom is -0.469 e. The van der Waals surface area contributed by atoms with Gasteiger partial charge in [-0.15, -0.1) is 0 Å². The van der Waals surface area contributed by atoms with Crippen LogP contribution in [0, 0.1) is 0 Å². The fraction of sp³-hybridized carbons (Fsp3) is 0.308. The Hall–Kier alpha value is -1.08. The third kappa shape index (κ3) is 2.81. The molecule has 0 saturated carbocycles. The largest absolute Gasteiger partial charge is 0.469 e. The number of aromatic nitrogens is 1. The highest BCUT2D eigenvalue weighted by atomic mass is 35.5. The van der Waals surface area contributed by atoms with Gasteiger partial charge in [0.1, 0.15) is 15.8 Å². The molecular formula is C13H12Cl2N2O3S. The molecular weight excluding hydrogens is 335 g/mol. The van der Waals surface area contributed by atoms with E-state index < -0.39 is 10.0 Å². The van der Waals surface area contributed by atoms with Gasteiger partial charge < -0.3 is 4.42 Å². The second-order valence-electron chi connectivity index (χ2n) is 4.81. The van der Waals surface area contributed by atoms with Crippen LogP contribution in [0.1, 0.15) is 18.1 Å². The minimum absolute atomic E-state index is 0.0528. The molecule has 1 atom stereocenters. The first-order valence-corrected chi connectivity index (χ1v) is 8.52. The van der Waals surface area contributed by atoms with Gasteiger partial charge in [-0.3, -0.25) is 0 Å². The summed E-state index contributed by atoms with van der Waals surface area (Å²) in [6.07, 6.45) is 3.54. The molecule has 0 N–H and O–H groups in total. The number of nitrogens with zero attached hydrogens (tertiary/aromatic N) is 2. The maximum atomic E-state index is 12.6. The molecule has 112 valence electrons. The van der Waals surface area contributed by atoms with Crippen LogP contribution in [0.2, 0.25) is 10.2 Å². The monoisotopic (exact) mass is 346 g/mol. The van der Waals surface area contributed by atoms with E-state index in [1.807, 2.05) is 6.07 Å². The number of furan rings is 1. The van der Waals surface area contributed by atoms with Crippen LogP contribution in [-0.2, 0) is 10.0 Å². The summed E-state index contributed by atoms with van der Waals surface area (Å²) in [6.45, 7) is 0.823. The van der Waals surface area contributed by atoms with Crippen molar-refractivity contribution in [1.29, 1.82) is 0 Å². The van der Waals surface area contributed by atoms with Gasteiger partial charge in [-0.2, -0.15) is 4.31 Å². The van der Waals surface area contributed by atoms with Gasteiger partial charge in [0, 0.05) is 25.2 Å². The van der Waals surface area contributed by atoms with Crippen molar-refractivity contribution in [2.24, 2.45) is 0 Å². The van der Waals surface area contributed by atoms with Crippen molar-refractivity contribution in [2.45, 2.75) is 17.2 Å². The predicted octanol–water partition coefficient (Wildman–Crippen LogP) is 3.16. The topological polar surface area (TPSA) is 63.4 Å². The molecule has 0 bridgehead atoms. The van der Waals surface area contributed by atoms with Gasteiger partial charge in [-0.1, -0.05) is 23.2 Å². The van der Waals surface area contributed by atoms with Gasteiger partial charge in [0.2, 0.25) is 10.0 Å². The van der Waals surface area contributed by atoms with Gasteiger partial charge in [-0.25, -0.2) is 13.4 Å². The zero-order valence-corrected chi connectivity index (χ0v) is 13.2. The summed E-state index contributed by atoms with van der Waals surface area (Å²) in [5.41, 5.74) is 0. The van der Waals surface area contributed by atoms with E-state index in [0.717, 1.165) is 12.2 Å². The molecule has 5 nitrogen and oxygen atoms in total. The number of pyridine rings is 1. The lowest BCUT2D eigenvalue weighted by Gasteiger charge is -2.16. The fourth-order valence-corrected chi connectivity index (χ4v) is 4.20. The van der Waals surface area contributed by atoms with E-state index in [9.17, 15) is 8.42 Å². The van der Waals surface area contributed by atoms with E-state index >= 15 is 0 Å². The Bertz CT molecular complexity index is 747. The Labute approximate surface area is 132 Å². The molecule has 0 amide bonds. The normalized spacial score (nSPS) is 20.0. The van der Waals surface area contributed by atoms with Gasteiger partial charge in [-0.05, 0) is 24.6 Å². The van der Waals surface area contributed by atoms with Crippen molar-refractivity contribution in [3.63, 3.8) is 0 Å². The van der Waals surface area contributed by atoms with Crippen molar-refractivity contribution in [2.75, 3.05) is 13.1 Å². The number of halogens is 2. The molecule has 0 spiro atoms. The second-order valence-corrected chi connectivity index (χ2v) is 7.51. The maximum absolute atomic E-state index is 12.6. The van der Waals surface area contributed by atoms with E-state index in [2.05, 4.69) is 4.98 Å². The summed E-state index contributed by atoms with van der Waals surface area (Å²) >= 11 is 11.6. The third-order valence-electron chi connectivity index (χ3n) is 3.51. The molecule has 1 fully saturated rings. The highest BCUT2D eigenvalue weighted by Gasteiger charge is 2.34. The van der Waals surface area contributed by atoms with E-state index in [1.165, 1.54) is 16.6 Å². The number of hydrogen-bond acceptors (Lipinski definition) is 4. The molecule has 1 saturated heterocycles. The van der Waals surface area contributed by atoms with Crippen LogP contribution < -0.4 is 0 Å². The highest BCUT2D eigenvalue weighted by Crippen LogP contribution is 2.32. The van der Waals surface area contributed by atoms with Crippen molar-refractivity contribution in [1.82, 2.24) is 9.29 Å². The van der Waals surface area contributed by atoms with Gasteiger partial charge in [0.15, 0.2) is 0 Å². The molecule has 0 radical (unpaired) electrons. The molecule has 3 rings (SSSR count). The number of hydrogen-bond donors (Lipinski definition) is 0. The molecule has 2 aromatic heterocycles. The van der Waals surface area contributed by atoms with Crippen molar-refractivity contribution in [3.8, 4) is 0 Å². The first-order chi connectivity index (χ1) is 9.98. The summed E-state index contributed by atoms with van der Waals surface area (Å²) in [6, 6.07) is 4.99. The molecule has 8 heteroatoms. The Morgan fingerprint density at radius 3 is 2.86 bits per heavy atom. The molecule has 0 aliphatic carbocycles. The summed E-state index contributed by atoms with van der Waals surface area (Å²) in [5, 5.41) is 0.213. The van der Waals surface area contributed by atoms with E-state index in [4.69, 9.17) is 27.6 Å². The van der Waals surface area contributed by atoms with Crippen molar-refractivity contribution in [3.05, 3.63) is 46.6 Å². The van der Waals surface area contributed by atoms with Gasteiger partial charge in [0.05, 0.1) is 11.3 Å². The average Bonchev–Trinajstić information content (AvgIpc) is 3.11. The minimum atomic E-state index is -3.62. The smallest absolute Gasteiger partial charge is 0.244 e. The van der Waals surface area contributed by atoms with Gasteiger partial charge in [0.25, 0.3) is 0 Å². The van der Waals surface area contributed by atoms with Crippen LogP contribution in [0.4, 0.5) is 0 Å². The third-order valence-corrected chi connectivity index (χ3v) is 6.02. The molecule has 3 heterocycles. The van der Waals surface area contributed by atoms with Crippen LogP contribution >= 0.6 is 23.2 Å². The first kappa shape index (κ1) is 14.8. The average molecular weight is 347 g/mol. The zero-order valence-electron chi connectivity index (χ0n) is 10.9. The Kier molecular flexibility index (Phi) is 3.96. The molecule has 1 aliphatic heterocycles. The van der Waals surface area contributed by atoms with Crippen LogP contribution in [-0.4, -0.2) is 30.8 Å². The lowest BCUT2D eigenvalue weighted by molar-refractivity contribution is 0.445. The van der Waals surface area contributed by atoms with Gasteiger partial charge >= 0.3 is 0 Å². The van der Waals surface area contributed by atoms with Crippen LogP contribution in [0.3, 0.4) is 0 Å². The second kappa shape index (κ2) is 5.61. The molecule has 1 aliphatic rings. The summed E-state index contributed by atoms with van der Waals surface area (Å²) in [7, 11) is -3.62. The SMILES string of the molecule is O=S(=O)(c1cnc(Cl)c(Cl)c1)N1CCC(c2ccco2)C1. The summed E-state index contributed by atoms with van der Waals surface area (Å²) in [5.74, 6) is 0.880. The first-order valence-electron chi connectivity index (χ1n) is 6.33. The maximum Gasteiger partial charge on any atom is 0.244 e. The molecule has 0 aromatic carbocycles. The fourth-order valence-electron chi connectivity index (χ4n) is 2.40. The van der Waals surface area contributed by atoms with Crippen molar-refractivity contribution >= 4 is 33.2 Å². The highest BCUT2D eigenvalue weighted by molar-refractivity contribution is 7.89. The standard InChI is InChI=1S/C13H12Cl2N2O3S/c14-11-6-10(7-16-13(11)15)21(18,19)17-4-3-9(8-17)12-2-1-5-20-12/h1-2,5-7,9H,3-4,8H2. The summed E-state index contributed by atoms with van der Waals surface area (Å²) in [4.78, 5) is 3.85. The van der Waals surface area contributed by atoms with E-state index in [0.29, 0.717) is 13.1 Å². The lowest BCUT2D eigenvalue weighted by atomic mass is 10.1. The van der Waals surface area contributed by atoms with Crippen LogP contribution in [0.5, 0.6) is 0 Å². The number of rotatable bonds is 3. The Morgan fingerprint density at radius 1 is 1.38 bits per heavy atom. The molecule has 21 heavy (non-hydrogen) atoms. The molecule has 2 aromatic rings. The van der Waals surface area contributed by atoms with E-state index in [1.54, 1.807) is 12.3 Å². The van der Waals surface area contributed by atoms with Crippen molar-refractivity contribution < 1.29 is 12.8 Å². The predicted molar refractivity (Wildman–Crippen MR) is 79.1 cm³/mol. The summed E-state index contributed by atoms with van der Waals surface area (Å²) < 4.78 is 31.9. The number of sulfonamides is 1. The quantitative estimate of drug-likeness (QED) is 0.800. The lowest BCUT2D eigenvalue weighted by Crippen LogP contribution is -2.28. The van der Waals surface area contributed by atoms with Crippen LogP contribution in [0.15, 0.2) is 40.0 Å². The zero-order chi connectivity index (χ0) is 15.0. The molecule has 1 unspecified atom stereocenters. The van der Waals surface area contributed by atoms with Crippen LogP contribution in [0.25, 0.3) is 0 Å². The Morgan fingerprint density at radius 2 is 2.19 bits per heavy atom.